The molecule has 0 fully saturated rings. The van der Waals surface area contributed by atoms with Crippen molar-refractivity contribution < 1.29 is 14.2 Å². The number of guanidine groups is 1. The summed E-state index contributed by atoms with van der Waals surface area (Å²) in [6, 6.07) is 12.4. The van der Waals surface area contributed by atoms with E-state index in [4.69, 9.17) is 19.9 Å². The standard InChI is InChI=1S/C23H30N4O3/c1-28-21-13-16-7-10-27(15-17(16)14-22(21)29-2)11-9-25-23(24)26-19-8-12-30-20-6-4-3-5-18(19)20/h3-6,13-14,19H,7-12,15H2,1-2H3,(H3,24,25,26). The molecular weight excluding hydrogens is 380 g/mol. The number of nitrogens with zero attached hydrogens (tertiary/aromatic N) is 2. The van der Waals surface area contributed by atoms with Gasteiger partial charge in [-0.15, -0.1) is 0 Å². The van der Waals surface area contributed by atoms with E-state index in [-0.39, 0.29) is 6.04 Å². The van der Waals surface area contributed by atoms with Crippen molar-refractivity contribution in [2.45, 2.75) is 25.4 Å². The molecule has 3 N–H and O–H groups in total. The molecule has 0 bridgehead atoms. The molecule has 1 atom stereocenters. The second kappa shape index (κ2) is 9.26. The summed E-state index contributed by atoms with van der Waals surface area (Å²) in [7, 11) is 3.35. The number of nitrogens with one attached hydrogen (secondary N) is 1. The Labute approximate surface area is 177 Å². The highest BCUT2D eigenvalue weighted by Gasteiger charge is 2.22. The number of benzene rings is 2. The van der Waals surface area contributed by atoms with Crippen molar-refractivity contribution in [1.29, 1.82) is 0 Å². The number of fused-ring (bicyclic) bond motifs is 2. The summed E-state index contributed by atoms with van der Waals surface area (Å²) in [6.07, 6.45) is 1.87. The molecule has 0 saturated carbocycles. The van der Waals surface area contributed by atoms with Gasteiger partial charge >= 0.3 is 0 Å². The van der Waals surface area contributed by atoms with E-state index < -0.39 is 0 Å². The van der Waals surface area contributed by atoms with Crippen molar-refractivity contribution in [2.24, 2.45) is 10.7 Å². The summed E-state index contributed by atoms with van der Waals surface area (Å²) in [6.45, 7) is 4.08. The number of ether oxygens (including phenoxy) is 3. The fraction of sp³-hybridized carbons (Fsp3) is 0.435. The van der Waals surface area contributed by atoms with Crippen molar-refractivity contribution in [2.75, 3.05) is 40.5 Å². The van der Waals surface area contributed by atoms with Crippen molar-refractivity contribution in [3.8, 4) is 17.2 Å². The van der Waals surface area contributed by atoms with Gasteiger partial charge in [-0.2, -0.15) is 0 Å². The van der Waals surface area contributed by atoms with Crippen LogP contribution in [0.1, 0.15) is 29.2 Å². The first-order valence-electron chi connectivity index (χ1n) is 10.4. The molecule has 7 heteroatoms. The molecule has 1 unspecified atom stereocenters. The van der Waals surface area contributed by atoms with Gasteiger partial charge in [-0.05, 0) is 35.7 Å². The van der Waals surface area contributed by atoms with Gasteiger partial charge in [0.2, 0.25) is 0 Å². The fourth-order valence-electron chi connectivity index (χ4n) is 4.16. The maximum atomic E-state index is 6.17. The third-order valence-electron chi connectivity index (χ3n) is 5.78. The lowest BCUT2D eigenvalue weighted by Crippen LogP contribution is -2.38. The zero-order valence-electron chi connectivity index (χ0n) is 17.7. The van der Waals surface area contributed by atoms with E-state index in [2.05, 4.69) is 33.4 Å². The van der Waals surface area contributed by atoms with Crippen LogP contribution in [0.15, 0.2) is 41.4 Å². The Balaban J connectivity index is 1.32. The molecule has 7 nitrogen and oxygen atoms in total. The average molecular weight is 411 g/mol. The molecule has 4 rings (SSSR count). The predicted molar refractivity (Wildman–Crippen MR) is 117 cm³/mol. The van der Waals surface area contributed by atoms with E-state index in [9.17, 15) is 0 Å². The first kappa shape index (κ1) is 20.3. The van der Waals surface area contributed by atoms with Crippen LogP contribution in [-0.2, 0) is 13.0 Å². The van der Waals surface area contributed by atoms with Crippen molar-refractivity contribution >= 4 is 5.96 Å². The third kappa shape index (κ3) is 4.46. The number of methoxy groups -OCH3 is 2. The highest BCUT2D eigenvalue weighted by atomic mass is 16.5. The van der Waals surface area contributed by atoms with Gasteiger partial charge in [-0.1, -0.05) is 18.2 Å². The smallest absolute Gasteiger partial charge is 0.189 e. The molecule has 0 spiro atoms. The average Bonchev–Trinajstić information content (AvgIpc) is 2.78. The van der Waals surface area contributed by atoms with Gasteiger partial charge in [0.15, 0.2) is 17.5 Å². The van der Waals surface area contributed by atoms with E-state index in [0.717, 1.165) is 55.3 Å². The van der Waals surface area contributed by atoms with Crippen LogP contribution < -0.4 is 25.3 Å². The Hall–Kier alpha value is -2.93. The van der Waals surface area contributed by atoms with Gasteiger partial charge in [0.05, 0.1) is 33.4 Å². The van der Waals surface area contributed by atoms with Crippen LogP contribution in [0, 0.1) is 0 Å². The molecule has 2 heterocycles. The third-order valence-corrected chi connectivity index (χ3v) is 5.78. The van der Waals surface area contributed by atoms with E-state index in [0.29, 0.717) is 19.1 Å². The maximum absolute atomic E-state index is 6.17. The van der Waals surface area contributed by atoms with E-state index in [1.54, 1.807) is 14.2 Å². The van der Waals surface area contributed by atoms with Crippen LogP contribution in [0.2, 0.25) is 0 Å². The van der Waals surface area contributed by atoms with E-state index >= 15 is 0 Å². The first-order chi connectivity index (χ1) is 14.7. The lowest BCUT2D eigenvalue weighted by atomic mass is 9.99. The largest absolute Gasteiger partial charge is 0.493 e. The molecule has 2 aromatic rings. The second-order valence-electron chi connectivity index (χ2n) is 7.64. The van der Waals surface area contributed by atoms with Crippen LogP contribution in [-0.4, -0.2) is 51.3 Å². The predicted octanol–water partition coefficient (Wildman–Crippen LogP) is 2.49. The maximum Gasteiger partial charge on any atom is 0.189 e. The van der Waals surface area contributed by atoms with Crippen molar-refractivity contribution in [3.63, 3.8) is 0 Å². The van der Waals surface area contributed by atoms with E-state index in [1.165, 1.54) is 11.1 Å². The second-order valence-corrected chi connectivity index (χ2v) is 7.64. The minimum Gasteiger partial charge on any atom is -0.493 e. The zero-order chi connectivity index (χ0) is 20.9. The molecule has 0 aromatic heterocycles. The number of hydrogen-bond donors (Lipinski definition) is 2. The Morgan fingerprint density at radius 1 is 1.20 bits per heavy atom. The summed E-state index contributed by atoms with van der Waals surface area (Å²) < 4.78 is 16.6. The van der Waals surface area contributed by atoms with Crippen LogP contribution >= 0.6 is 0 Å². The van der Waals surface area contributed by atoms with Crippen LogP contribution in [0.4, 0.5) is 0 Å². The van der Waals surface area contributed by atoms with Gasteiger partial charge in [-0.25, -0.2) is 0 Å². The summed E-state index contributed by atoms with van der Waals surface area (Å²) in [5, 5.41) is 3.35. The number of rotatable bonds is 6. The summed E-state index contributed by atoms with van der Waals surface area (Å²) in [5.74, 6) is 2.98. The summed E-state index contributed by atoms with van der Waals surface area (Å²) >= 11 is 0. The van der Waals surface area contributed by atoms with Gasteiger partial charge in [-0.3, -0.25) is 9.89 Å². The van der Waals surface area contributed by atoms with Gasteiger partial charge < -0.3 is 25.3 Å². The topological polar surface area (TPSA) is 81.3 Å². The normalized spacial score (nSPS) is 18.7. The Kier molecular flexibility index (Phi) is 6.28. The van der Waals surface area contributed by atoms with Crippen molar-refractivity contribution in [1.82, 2.24) is 10.2 Å². The highest BCUT2D eigenvalue weighted by Crippen LogP contribution is 2.33. The quantitative estimate of drug-likeness (QED) is 0.563. The molecule has 160 valence electrons. The summed E-state index contributed by atoms with van der Waals surface area (Å²) in [4.78, 5) is 6.96. The lowest BCUT2D eigenvalue weighted by molar-refractivity contribution is 0.258. The SMILES string of the molecule is COc1cc2c(cc1OC)CN(CCN=C(N)NC1CCOc3ccccc31)CC2. The van der Waals surface area contributed by atoms with Crippen molar-refractivity contribution in [3.05, 3.63) is 53.1 Å². The van der Waals surface area contributed by atoms with Crippen LogP contribution in [0.3, 0.4) is 0 Å². The fourth-order valence-corrected chi connectivity index (χ4v) is 4.16. The molecule has 0 aliphatic carbocycles. The van der Waals surface area contributed by atoms with Crippen LogP contribution in [0.25, 0.3) is 0 Å². The van der Waals surface area contributed by atoms with Gasteiger partial charge in [0, 0.05) is 31.6 Å². The molecule has 30 heavy (non-hydrogen) atoms. The lowest BCUT2D eigenvalue weighted by Gasteiger charge is -2.29. The Morgan fingerprint density at radius 2 is 1.97 bits per heavy atom. The van der Waals surface area contributed by atoms with Gasteiger partial charge in [0.25, 0.3) is 0 Å². The Morgan fingerprint density at radius 3 is 2.77 bits per heavy atom. The zero-order valence-corrected chi connectivity index (χ0v) is 17.7. The minimum absolute atomic E-state index is 0.142. The number of aliphatic imine (C=N–C) groups is 1. The molecule has 0 amide bonds. The molecule has 2 aliphatic heterocycles. The van der Waals surface area contributed by atoms with Gasteiger partial charge in [0.1, 0.15) is 5.75 Å². The molecule has 2 aliphatic rings. The molecular formula is C23H30N4O3. The monoisotopic (exact) mass is 410 g/mol. The summed E-state index contributed by atoms with van der Waals surface area (Å²) in [5.41, 5.74) is 9.92. The number of para-hydroxylation sites is 1. The highest BCUT2D eigenvalue weighted by molar-refractivity contribution is 5.78. The Bertz CT molecular complexity index is 915. The first-order valence-corrected chi connectivity index (χ1v) is 10.4. The molecule has 0 radical (unpaired) electrons. The van der Waals surface area contributed by atoms with Crippen LogP contribution in [0.5, 0.6) is 17.2 Å². The number of hydrogen-bond acceptors (Lipinski definition) is 5. The minimum atomic E-state index is 0.142. The van der Waals surface area contributed by atoms with E-state index in [1.807, 2.05) is 18.2 Å². The molecule has 0 saturated heterocycles. The molecule has 2 aromatic carbocycles. The number of nitrogens with two attached hydrogens (primary N) is 1.